The third-order valence-electron chi connectivity index (χ3n) is 6.83. The smallest absolute Gasteiger partial charge is 0.244 e. The summed E-state index contributed by atoms with van der Waals surface area (Å²) in [7, 11) is 0. The van der Waals surface area contributed by atoms with E-state index in [1.807, 2.05) is 60.3 Å². The molecule has 1 N–H and O–H groups in total. The fourth-order valence-electron chi connectivity index (χ4n) is 4.72. The summed E-state index contributed by atoms with van der Waals surface area (Å²) < 4.78 is 6.63. The lowest BCUT2D eigenvalue weighted by atomic mass is 10.0. The minimum atomic E-state index is 0.889. The maximum atomic E-state index is 3.08. The summed E-state index contributed by atoms with van der Waals surface area (Å²) >= 11 is 0. The van der Waals surface area contributed by atoms with E-state index in [-0.39, 0.29) is 0 Å². The van der Waals surface area contributed by atoms with Gasteiger partial charge in [-0.15, -0.1) is 0 Å². The predicted octanol–water partition coefficient (Wildman–Crippen LogP) is 8.99. The first-order valence-corrected chi connectivity index (χ1v) is 16.5. The third-order valence-corrected chi connectivity index (χ3v) is 6.83. The van der Waals surface area contributed by atoms with Gasteiger partial charge in [0.25, 0.3) is 0 Å². The van der Waals surface area contributed by atoms with Gasteiger partial charge in [-0.3, -0.25) is 4.98 Å². The van der Waals surface area contributed by atoms with E-state index < -0.39 is 0 Å². The molecule has 0 saturated heterocycles. The van der Waals surface area contributed by atoms with Gasteiger partial charge >= 0.3 is 0 Å². The van der Waals surface area contributed by atoms with Crippen molar-refractivity contribution in [1.82, 2.24) is 9.55 Å². The summed E-state index contributed by atoms with van der Waals surface area (Å²) in [5.74, 6) is 0. The summed E-state index contributed by atoms with van der Waals surface area (Å²) in [6, 6.07) is 26.2. The van der Waals surface area contributed by atoms with E-state index in [1.165, 1.54) is 33.4 Å². The van der Waals surface area contributed by atoms with Crippen molar-refractivity contribution >= 4 is 0 Å². The molecule has 43 heavy (non-hydrogen) atoms. The van der Waals surface area contributed by atoms with Gasteiger partial charge in [-0.2, -0.15) is 0 Å². The molecule has 5 rings (SSSR count). The van der Waals surface area contributed by atoms with Gasteiger partial charge in [0.2, 0.25) is 12.7 Å². The van der Waals surface area contributed by atoms with E-state index in [0.717, 1.165) is 38.9 Å². The van der Waals surface area contributed by atoms with Crippen molar-refractivity contribution in [3.8, 4) is 0 Å². The summed E-state index contributed by atoms with van der Waals surface area (Å²) in [5, 5.41) is 0. The number of hydrogen-bond donors (Lipinski definition) is 1. The molecule has 4 heteroatoms. The van der Waals surface area contributed by atoms with Gasteiger partial charge in [-0.05, 0) is 52.6 Å². The number of H-pyrrole nitrogens is 1. The molecular weight excluding hydrogens is 524 g/mol. The van der Waals surface area contributed by atoms with Crippen LogP contribution in [0.15, 0.2) is 110 Å². The summed E-state index contributed by atoms with van der Waals surface area (Å²) in [5.41, 5.74) is 8.43. The quantitative estimate of drug-likeness (QED) is 0.168. The van der Waals surface area contributed by atoms with E-state index in [0.29, 0.717) is 0 Å². The molecule has 0 spiro atoms. The minimum absolute atomic E-state index is 0.889. The van der Waals surface area contributed by atoms with Crippen molar-refractivity contribution in [2.75, 3.05) is 0 Å². The van der Waals surface area contributed by atoms with Crippen molar-refractivity contribution in [3.05, 3.63) is 144 Å². The number of benzene rings is 3. The minimum Gasteiger partial charge on any atom is -0.250 e. The van der Waals surface area contributed by atoms with Crippen molar-refractivity contribution in [1.29, 1.82) is 0 Å². The lowest BCUT2D eigenvalue weighted by Gasteiger charge is -2.04. The average Bonchev–Trinajstić information content (AvgIpc) is 3.77. The molecule has 4 nitrogen and oxygen atoms in total. The Kier molecular flexibility index (Phi) is 19.5. The largest absolute Gasteiger partial charge is 0.250 e. The molecule has 2 heterocycles. The van der Waals surface area contributed by atoms with E-state index in [1.54, 1.807) is 0 Å². The molecule has 0 fully saturated rings. The molecule has 232 valence electrons. The van der Waals surface area contributed by atoms with Crippen LogP contribution in [-0.2, 0) is 38.9 Å². The maximum absolute atomic E-state index is 3.08. The highest BCUT2D eigenvalue weighted by Crippen LogP contribution is 2.11. The number of hydrogen-bond acceptors (Lipinski definition) is 0. The van der Waals surface area contributed by atoms with Gasteiger partial charge in [0.15, 0.2) is 0 Å². The van der Waals surface area contributed by atoms with Crippen LogP contribution in [0.25, 0.3) is 0 Å². The van der Waals surface area contributed by atoms with Gasteiger partial charge in [-0.1, -0.05) is 135 Å². The fraction of sp³-hybridized carbons (Fsp3) is 0.385. The van der Waals surface area contributed by atoms with Crippen LogP contribution in [0, 0.1) is 0 Å². The van der Waals surface area contributed by atoms with Crippen LogP contribution >= 0.6 is 0 Å². The third kappa shape index (κ3) is 12.9. The molecule has 0 radical (unpaired) electrons. The van der Waals surface area contributed by atoms with Crippen molar-refractivity contribution in [2.24, 2.45) is 0 Å². The number of nitrogens with zero attached hydrogens (tertiary/aromatic N) is 3. The van der Waals surface area contributed by atoms with Gasteiger partial charge in [0.1, 0.15) is 44.4 Å². The zero-order valence-corrected chi connectivity index (χ0v) is 28.5. The number of imidazole rings is 2. The van der Waals surface area contributed by atoms with Gasteiger partial charge in [0.05, 0.1) is 0 Å². The second-order valence-electron chi connectivity index (χ2n) is 9.46. The Morgan fingerprint density at radius 3 is 1.44 bits per heavy atom. The monoisotopic (exact) mass is 582 g/mol. The Labute approximate surface area is 263 Å². The molecule has 0 bridgehead atoms. The lowest BCUT2D eigenvalue weighted by molar-refractivity contribution is -0.688. The Hall–Kier alpha value is -3.92. The molecule has 2 aromatic heterocycles. The highest BCUT2D eigenvalue weighted by molar-refractivity contribution is 5.28. The summed E-state index contributed by atoms with van der Waals surface area (Å²) in [6.07, 6.45) is 15.8. The first-order valence-electron chi connectivity index (χ1n) is 16.5. The van der Waals surface area contributed by atoms with E-state index >= 15 is 0 Å². The van der Waals surface area contributed by atoms with Gasteiger partial charge < -0.3 is 0 Å². The van der Waals surface area contributed by atoms with E-state index in [2.05, 4.69) is 131 Å². The lowest BCUT2D eigenvalue weighted by Crippen LogP contribution is -2.32. The second kappa shape index (κ2) is 22.6. The molecule has 0 saturated carbocycles. The van der Waals surface area contributed by atoms with Crippen molar-refractivity contribution < 1.29 is 9.13 Å². The molecule has 0 amide bonds. The Morgan fingerprint density at radius 1 is 0.558 bits per heavy atom. The van der Waals surface area contributed by atoms with E-state index in [4.69, 9.17) is 0 Å². The Morgan fingerprint density at radius 2 is 1.00 bits per heavy atom. The molecule has 0 aliphatic carbocycles. The highest BCUT2D eigenvalue weighted by atomic mass is 15.1. The van der Waals surface area contributed by atoms with Crippen LogP contribution in [0.3, 0.4) is 0 Å². The number of aromatic amines is 1. The molecule has 0 aliphatic heterocycles. The normalized spacial score (nSPS) is 9.60. The molecule has 0 unspecified atom stereocenters. The number of nitrogens with one attached hydrogen (secondary N) is 1. The second-order valence-corrected chi connectivity index (χ2v) is 9.46. The molecule has 0 atom stereocenters. The zero-order valence-electron chi connectivity index (χ0n) is 28.5. The number of aryl methyl sites for hydroxylation is 3. The summed E-state index contributed by atoms with van der Waals surface area (Å²) in [4.78, 5) is 3.08. The maximum Gasteiger partial charge on any atom is 0.244 e. The Bertz CT molecular complexity index is 1330. The van der Waals surface area contributed by atoms with Crippen molar-refractivity contribution in [2.45, 2.75) is 101 Å². The van der Waals surface area contributed by atoms with Crippen LogP contribution in [0.4, 0.5) is 0 Å². The first kappa shape index (κ1) is 37.1. The zero-order chi connectivity index (χ0) is 31.9. The number of rotatable bonds is 9. The van der Waals surface area contributed by atoms with E-state index in [9.17, 15) is 0 Å². The molecule has 0 aliphatic rings. The molecule has 5 aromatic rings. The first-order chi connectivity index (χ1) is 21.2. The van der Waals surface area contributed by atoms with Crippen LogP contribution in [-0.4, -0.2) is 9.55 Å². The molecule has 3 aromatic carbocycles. The topological polar surface area (TPSA) is 28.5 Å². The number of aromatic nitrogens is 4. The predicted molar refractivity (Wildman–Crippen MR) is 184 cm³/mol. The summed E-state index contributed by atoms with van der Waals surface area (Å²) in [6.45, 7) is 21.3. The highest BCUT2D eigenvalue weighted by Gasteiger charge is 2.08. The van der Waals surface area contributed by atoms with Crippen LogP contribution in [0.2, 0.25) is 0 Å². The SMILES string of the molecule is CC.CC.CC.CCc1ccccc1CC.CCc1ccccc1Cn1cc[n+](Cc2ccc(C[n+]3cc[nH]c3)cc2)c1. The van der Waals surface area contributed by atoms with Crippen LogP contribution in [0.5, 0.6) is 0 Å². The fourth-order valence-corrected chi connectivity index (χ4v) is 4.72. The Balaban J connectivity index is 0.000000484. The standard InChI is InChI=1S/C23H25N4.C10H14.3C2H6/c1-2-22-5-3-4-6-23(22)17-27-14-13-26(19-27)16-21-9-7-20(8-10-21)15-25-12-11-24-18-25;1-3-9-7-5-6-8-10(9)4-2;3*1-2/h3-14,18-19H,2,15-17H2,1H3;5-8H,3-4H2,1-2H3;3*1-2H3/q+1;;;;/p+1. The van der Waals surface area contributed by atoms with Gasteiger partial charge in [0, 0.05) is 0 Å². The average molecular weight is 583 g/mol. The van der Waals surface area contributed by atoms with Crippen LogP contribution < -0.4 is 9.13 Å². The van der Waals surface area contributed by atoms with Gasteiger partial charge in [-0.25, -0.2) is 13.7 Å². The molecular formula is C39H58N4+2. The van der Waals surface area contributed by atoms with Crippen LogP contribution in [0.1, 0.15) is 95.7 Å². The van der Waals surface area contributed by atoms with Crippen molar-refractivity contribution in [3.63, 3.8) is 0 Å².